The van der Waals surface area contributed by atoms with Crippen molar-refractivity contribution in [2.75, 3.05) is 12.4 Å². The number of carbonyl (C=O) groups is 1. The zero-order valence-corrected chi connectivity index (χ0v) is 16.3. The van der Waals surface area contributed by atoms with Gasteiger partial charge in [0.05, 0.1) is 10.6 Å². The lowest BCUT2D eigenvalue weighted by molar-refractivity contribution is 0.0693. The number of phenols is 1. The molecule has 0 unspecified atom stereocenters. The number of rotatable bonds is 7. The maximum absolute atomic E-state index is 12.5. The molecule has 28 heavy (non-hydrogen) atoms. The Kier molecular flexibility index (Phi) is 6.24. The lowest BCUT2D eigenvalue weighted by Crippen LogP contribution is -2.14. The lowest BCUT2D eigenvalue weighted by atomic mass is 9.84. The molecular formula is C21H24O6S. The molecule has 0 radical (unpaired) electrons. The Bertz CT molecular complexity index is 928. The second-order valence-electron chi connectivity index (χ2n) is 7.06. The van der Waals surface area contributed by atoms with Gasteiger partial charge in [0.1, 0.15) is 23.7 Å². The molecule has 2 N–H and O–H groups in total. The topological polar surface area (TPSA) is 101 Å². The summed E-state index contributed by atoms with van der Waals surface area (Å²) in [6, 6.07) is 10.9. The highest BCUT2D eigenvalue weighted by atomic mass is 32.2. The number of aromatic carboxylic acids is 1. The molecule has 1 fully saturated rings. The highest BCUT2D eigenvalue weighted by Gasteiger charge is 2.19. The Hall–Kier alpha value is -2.54. The highest BCUT2D eigenvalue weighted by Crippen LogP contribution is 2.33. The van der Waals surface area contributed by atoms with Crippen molar-refractivity contribution in [3.8, 4) is 11.5 Å². The second-order valence-corrected chi connectivity index (χ2v) is 9.16. The first-order valence-electron chi connectivity index (χ1n) is 9.38. The molecule has 0 spiro atoms. The SMILES string of the molecule is O=C(O)c1cc(OCCS(=O)(=O)c2ccc(C3CCCCC3)cc2)ccc1O. The molecule has 0 heterocycles. The molecule has 0 amide bonds. The number of carboxylic acid groups (broad SMARTS) is 1. The summed E-state index contributed by atoms with van der Waals surface area (Å²) in [5.41, 5.74) is 0.902. The van der Waals surface area contributed by atoms with Crippen molar-refractivity contribution >= 4 is 15.8 Å². The van der Waals surface area contributed by atoms with Gasteiger partial charge >= 0.3 is 5.97 Å². The molecular weight excluding hydrogens is 380 g/mol. The van der Waals surface area contributed by atoms with E-state index < -0.39 is 15.8 Å². The Labute approximate surface area is 164 Å². The maximum Gasteiger partial charge on any atom is 0.339 e. The molecule has 0 aliphatic heterocycles. The van der Waals surface area contributed by atoms with Gasteiger partial charge in [0, 0.05) is 0 Å². The van der Waals surface area contributed by atoms with Crippen LogP contribution in [0.1, 0.15) is 53.9 Å². The van der Waals surface area contributed by atoms with Gasteiger partial charge < -0.3 is 14.9 Å². The van der Waals surface area contributed by atoms with Crippen molar-refractivity contribution < 1.29 is 28.2 Å². The van der Waals surface area contributed by atoms with E-state index in [1.165, 1.54) is 43.0 Å². The lowest BCUT2D eigenvalue weighted by Gasteiger charge is -2.22. The van der Waals surface area contributed by atoms with Gasteiger partial charge in [-0.25, -0.2) is 13.2 Å². The van der Waals surface area contributed by atoms with Crippen molar-refractivity contribution in [3.63, 3.8) is 0 Å². The van der Waals surface area contributed by atoms with Crippen LogP contribution in [0.5, 0.6) is 11.5 Å². The van der Waals surface area contributed by atoms with E-state index in [2.05, 4.69) is 0 Å². The van der Waals surface area contributed by atoms with E-state index in [-0.39, 0.29) is 34.3 Å². The van der Waals surface area contributed by atoms with Crippen LogP contribution in [0.2, 0.25) is 0 Å². The van der Waals surface area contributed by atoms with Crippen molar-refractivity contribution in [3.05, 3.63) is 53.6 Å². The zero-order chi connectivity index (χ0) is 20.1. The molecule has 0 atom stereocenters. The van der Waals surface area contributed by atoms with E-state index in [9.17, 15) is 18.3 Å². The quantitative estimate of drug-likeness (QED) is 0.724. The largest absolute Gasteiger partial charge is 0.507 e. The van der Waals surface area contributed by atoms with Gasteiger partial charge in [0.25, 0.3) is 0 Å². The molecule has 1 aliphatic rings. The van der Waals surface area contributed by atoms with E-state index in [0.717, 1.165) is 12.8 Å². The summed E-state index contributed by atoms with van der Waals surface area (Å²) in [5.74, 6) is -1.16. The second kappa shape index (κ2) is 8.65. The molecule has 0 bridgehead atoms. The van der Waals surface area contributed by atoms with Gasteiger partial charge in [0.15, 0.2) is 9.84 Å². The fourth-order valence-corrected chi connectivity index (χ4v) is 4.64. The third-order valence-corrected chi connectivity index (χ3v) is 6.83. The van der Waals surface area contributed by atoms with Crippen LogP contribution in [-0.4, -0.2) is 37.0 Å². The Morgan fingerprint density at radius 1 is 1.04 bits per heavy atom. The summed E-state index contributed by atoms with van der Waals surface area (Å²) < 4.78 is 30.4. The van der Waals surface area contributed by atoms with Crippen LogP contribution in [0, 0.1) is 0 Å². The van der Waals surface area contributed by atoms with Crippen molar-refractivity contribution in [1.82, 2.24) is 0 Å². The molecule has 1 aliphatic carbocycles. The van der Waals surface area contributed by atoms with E-state index in [1.807, 2.05) is 12.1 Å². The minimum absolute atomic E-state index is 0.115. The van der Waals surface area contributed by atoms with Gasteiger partial charge in [-0.15, -0.1) is 0 Å². The predicted molar refractivity (Wildman–Crippen MR) is 105 cm³/mol. The fraction of sp³-hybridized carbons (Fsp3) is 0.381. The summed E-state index contributed by atoms with van der Waals surface area (Å²) in [7, 11) is -3.50. The number of carboxylic acids is 1. The van der Waals surface area contributed by atoms with Crippen LogP contribution in [-0.2, 0) is 9.84 Å². The smallest absolute Gasteiger partial charge is 0.339 e. The monoisotopic (exact) mass is 404 g/mol. The van der Waals surface area contributed by atoms with Gasteiger partial charge in [-0.05, 0) is 54.7 Å². The predicted octanol–water partition coefficient (Wildman–Crippen LogP) is 3.99. The number of hydrogen-bond donors (Lipinski definition) is 2. The zero-order valence-electron chi connectivity index (χ0n) is 15.5. The average molecular weight is 404 g/mol. The van der Waals surface area contributed by atoms with Crippen LogP contribution in [0.4, 0.5) is 0 Å². The molecule has 7 heteroatoms. The molecule has 150 valence electrons. The number of hydrogen-bond acceptors (Lipinski definition) is 5. The summed E-state index contributed by atoms with van der Waals surface area (Å²) in [5, 5.41) is 18.5. The van der Waals surface area contributed by atoms with Crippen molar-refractivity contribution in [2.24, 2.45) is 0 Å². The van der Waals surface area contributed by atoms with Crippen LogP contribution in [0.25, 0.3) is 0 Å². The number of sulfone groups is 1. The number of aromatic hydroxyl groups is 1. The van der Waals surface area contributed by atoms with Crippen LogP contribution < -0.4 is 4.74 Å². The minimum atomic E-state index is -3.50. The van der Waals surface area contributed by atoms with Crippen LogP contribution in [0.15, 0.2) is 47.4 Å². The Morgan fingerprint density at radius 2 is 1.71 bits per heavy atom. The molecule has 0 aromatic heterocycles. The normalized spacial score (nSPS) is 15.3. The number of ether oxygens (including phenoxy) is 1. The first kappa shape index (κ1) is 20.2. The Morgan fingerprint density at radius 3 is 2.36 bits per heavy atom. The maximum atomic E-state index is 12.5. The van der Waals surface area contributed by atoms with E-state index in [0.29, 0.717) is 5.92 Å². The molecule has 0 saturated heterocycles. The summed E-state index contributed by atoms with van der Waals surface area (Å²) in [6.07, 6.45) is 6.04. The first-order valence-corrected chi connectivity index (χ1v) is 11.0. The van der Waals surface area contributed by atoms with E-state index in [1.54, 1.807) is 12.1 Å². The molecule has 3 rings (SSSR count). The molecule has 2 aromatic rings. The molecule has 6 nitrogen and oxygen atoms in total. The minimum Gasteiger partial charge on any atom is -0.507 e. The summed E-state index contributed by atoms with van der Waals surface area (Å²) in [6.45, 7) is -0.115. The van der Waals surface area contributed by atoms with Crippen LogP contribution >= 0.6 is 0 Å². The third-order valence-electron chi connectivity index (χ3n) is 5.14. The van der Waals surface area contributed by atoms with Crippen LogP contribution in [0.3, 0.4) is 0 Å². The highest BCUT2D eigenvalue weighted by molar-refractivity contribution is 7.91. The van der Waals surface area contributed by atoms with Crippen molar-refractivity contribution in [1.29, 1.82) is 0 Å². The van der Waals surface area contributed by atoms with Gasteiger partial charge in [0.2, 0.25) is 0 Å². The van der Waals surface area contributed by atoms with Gasteiger partial charge in [-0.3, -0.25) is 0 Å². The first-order chi connectivity index (χ1) is 13.4. The number of benzene rings is 2. The fourth-order valence-electron chi connectivity index (χ4n) is 3.55. The average Bonchev–Trinajstić information content (AvgIpc) is 2.70. The summed E-state index contributed by atoms with van der Waals surface area (Å²) in [4.78, 5) is 11.3. The standard InChI is InChI=1S/C21H24O6S/c22-20-11-8-17(14-19(20)21(23)24)27-12-13-28(25,26)18-9-6-16(7-10-18)15-4-2-1-3-5-15/h6-11,14-15,22H,1-5,12-13H2,(H,23,24). The van der Waals surface area contributed by atoms with Gasteiger partial charge in [-0.2, -0.15) is 0 Å². The summed E-state index contributed by atoms with van der Waals surface area (Å²) >= 11 is 0. The third kappa shape index (κ3) is 4.84. The van der Waals surface area contributed by atoms with Gasteiger partial charge in [-0.1, -0.05) is 31.4 Å². The van der Waals surface area contributed by atoms with Crippen molar-refractivity contribution in [2.45, 2.75) is 42.9 Å². The Balaban J connectivity index is 1.61. The molecule has 1 saturated carbocycles. The van der Waals surface area contributed by atoms with E-state index in [4.69, 9.17) is 9.84 Å². The van der Waals surface area contributed by atoms with E-state index >= 15 is 0 Å². The molecule has 2 aromatic carbocycles.